The summed E-state index contributed by atoms with van der Waals surface area (Å²) in [6.07, 6.45) is 5.58. The highest BCUT2D eigenvalue weighted by Gasteiger charge is 2.27. The number of rotatable bonds is 10. The van der Waals surface area contributed by atoms with Gasteiger partial charge in [0.15, 0.2) is 0 Å². The highest BCUT2D eigenvalue weighted by atomic mass is 35.5. The molecule has 0 saturated carbocycles. The SMILES string of the molecule is CCCCOCCCNC(=O)c1cc(S(=O)(=O)N2CCCCC2)ccc1Cl. The van der Waals surface area contributed by atoms with E-state index in [4.69, 9.17) is 16.3 Å². The van der Waals surface area contributed by atoms with Gasteiger partial charge in [-0.3, -0.25) is 4.79 Å². The molecule has 1 aliphatic heterocycles. The monoisotopic (exact) mass is 416 g/mol. The number of amides is 1. The number of hydrogen-bond donors (Lipinski definition) is 1. The second-order valence-electron chi connectivity index (χ2n) is 6.68. The van der Waals surface area contributed by atoms with E-state index in [9.17, 15) is 13.2 Å². The van der Waals surface area contributed by atoms with E-state index >= 15 is 0 Å². The summed E-state index contributed by atoms with van der Waals surface area (Å²) in [6.45, 7) is 4.90. The van der Waals surface area contributed by atoms with Gasteiger partial charge in [-0.1, -0.05) is 31.4 Å². The first-order valence-corrected chi connectivity index (χ1v) is 11.4. The van der Waals surface area contributed by atoms with Crippen molar-refractivity contribution in [2.24, 2.45) is 0 Å². The first-order chi connectivity index (χ1) is 13.0. The van der Waals surface area contributed by atoms with Crippen LogP contribution in [0.3, 0.4) is 0 Å². The van der Waals surface area contributed by atoms with E-state index in [0.29, 0.717) is 32.7 Å². The maximum absolute atomic E-state index is 12.8. The fourth-order valence-electron chi connectivity index (χ4n) is 2.91. The van der Waals surface area contributed by atoms with Crippen LogP contribution in [0.2, 0.25) is 5.02 Å². The molecule has 1 heterocycles. The zero-order valence-corrected chi connectivity index (χ0v) is 17.4. The highest BCUT2D eigenvalue weighted by molar-refractivity contribution is 7.89. The molecule has 0 radical (unpaired) electrons. The first kappa shape index (κ1) is 22.1. The van der Waals surface area contributed by atoms with Crippen molar-refractivity contribution in [1.29, 1.82) is 0 Å². The normalized spacial score (nSPS) is 15.6. The van der Waals surface area contributed by atoms with Crippen molar-refractivity contribution in [2.45, 2.75) is 50.3 Å². The molecule has 27 heavy (non-hydrogen) atoms. The highest BCUT2D eigenvalue weighted by Crippen LogP contribution is 2.25. The van der Waals surface area contributed by atoms with Crippen molar-refractivity contribution in [3.63, 3.8) is 0 Å². The molecule has 0 aromatic heterocycles. The van der Waals surface area contributed by atoms with Gasteiger partial charge in [0.25, 0.3) is 5.91 Å². The lowest BCUT2D eigenvalue weighted by molar-refractivity contribution is 0.0940. The van der Waals surface area contributed by atoms with E-state index in [1.54, 1.807) is 0 Å². The van der Waals surface area contributed by atoms with Crippen LogP contribution in [-0.2, 0) is 14.8 Å². The van der Waals surface area contributed by atoms with Gasteiger partial charge in [-0.2, -0.15) is 4.31 Å². The minimum Gasteiger partial charge on any atom is -0.381 e. The Bertz CT molecular complexity index is 718. The molecule has 152 valence electrons. The van der Waals surface area contributed by atoms with Gasteiger partial charge in [0.2, 0.25) is 10.0 Å². The molecule has 1 aromatic rings. The molecule has 0 spiro atoms. The average molecular weight is 417 g/mol. The van der Waals surface area contributed by atoms with Crippen molar-refractivity contribution < 1.29 is 17.9 Å². The van der Waals surface area contributed by atoms with Crippen LogP contribution in [0.1, 0.15) is 55.8 Å². The van der Waals surface area contributed by atoms with E-state index < -0.39 is 10.0 Å². The number of benzene rings is 1. The van der Waals surface area contributed by atoms with E-state index in [2.05, 4.69) is 12.2 Å². The van der Waals surface area contributed by atoms with Crippen molar-refractivity contribution in [2.75, 3.05) is 32.8 Å². The lowest BCUT2D eigenvalue weighted by atomic mass is 10.2. The smallest absolute Gasteiger partial charge is 0.252 e. The number of ether oxygens (including phenoxy) is 1. The Morgan fingerprint density at radius 1 is 1.19 bits per heavy atom. The number of halogens is 1. The molecule has 6 nitrogen and oxygen atoms in total. The molecule has 1 fully saturated rings. The number of sulfonamides is 1. The second kappa shape index (κ2) is 11.0. The predicted molar refractivity (Wildman–Crippen MR) is 107 cm³/mol. The molecular weight excluding hydrogens is 388 g/mol. The van der Waals surface area contributed by atoms with Crippen LogP contribution in [0, 0.1) is 0 Å². The maximum Gasteiger partial charge on any atom is 0.252 e. The third-order valence-electron chi connectivity index (χ3n) is 4.53. The fraction of sp³-hybridized carbons (Fsp3) is 0.632. The first-order valence-electron chi connectivity index (χ1n) is 9.62. The topological polar surface area (TPSA) is 75.7 Å². The summed E-state index contributed by atoms with van der Waals surface area (Å²) in [5.41, 5.74) is 0.182. The number of nitrogens with zero attached hydrogens (tertiary/aromatic N) is 1. The summed E-state index contributed by atoms with van der Waals surface area (Å²) < 4.78 is 32.5. The molecule has 1 aliphatic rings. The number of carbonyl (C=O) groups is 1. The van der Waals surface area contributed by atoms with Gasteiger partial charge >= 0.3 is 0 Å². The van der Waals surface area contributed by atoms with Gasteiger partial charge in [-0.05, 0) is 43.9 Å². The van der Waals surface area contributed by atoms with Gasteiger partial charge in [-0.15, -0.1) is 0 Å². The Labute approximate surface area is 167 Å². The molecule has 2 rings (SSSR count). The van der Waals surface area contributed by atoms with E-state index in [1.807, 2.05) is 0 Å². The summed E-state index contributed by atoms with van der Waals surface area (Å²) in [5, 5.41) is 3.02. The standard InChI is InChI=1S/C19H29ClN2O4S/c1-2-3-13-26-14-7-10-21-19(23)17-15-16(8-9-18(17)20)27(24,25)22-11-5-4-6-12-22/h8-9,15H,2-7,10-14H2,1H3,(H,21,23). The Hall–Kier alpha value is -1.15. The van der Waals surface area contributed by atoms with Gasteiger partial charge in [0, 0.05) is 32.8 Å². The number of carbonyl (C=O) groups excluding carboxylic acids is 1. The predicted octanol–water partition coefficient (Wildman–Crippen LogP) is 3.45. The minimum atomic E-state index is -3.60. The summed E-state index contributed by atoms with van der Waals surface area (Å²) in [7, 11) is -3.60. The van der Waals surface area contributed by atoms with Crippen LogP contribution in [0.4, 0.5) is 0 Å². The Morgan fingerprint density at radius 3 is 2.59 bits per heavy atom. The zero-order chi connectivity index (χ0) is 19.7. The van der Waals surface area contributed by atoms with E-state index in [-0.39, 0.29) is 21.4 Å². The molecule has 1 saturated heterocycles. The minimum absolute atomic E-state index is 0.113. The molecule has 0 atom stereocenters. The molecule has 1 amide bonds. The van der Waals surface area contributed by atoms with Crippen LogP contribution >= 0.6 is 11.6 Å². The molecule has 0 aliphatic carbocycles. The van der Waals surface area contributed by atoms with Crippen molar-refractivity contribution in [1.82, 2.24) is 9.62 Å². The maximum atomic E-state index is 12.8. The van der Waals surface area contributed by atoms with E-state index in [1.165, 1.54) is 22.5 Å². The lowest BCUT2D eigenvalue weighted by Crippen LogP contribution is -2.35. The van der Waals surface area contributed by atoms with Crippen molar-refractivity contribution in [3.05, 3.63) is 28.8 Å². The third kappa shape index (κ3) is 6.45. The number of hydrogen-bond acceptors (Lipinski definition) is 4. The molecule has 1 aromatic carbocycles. The van der Waals surface area contributed by atoms with Crippen molar-refractivity contribution >= 4 is 27.5 Å². The third-order valence-corrected chi connectivity index (χ3v) is 6.75. The fourth-order valence-corrected chi connectivity index (χ4v) is 4.66. The summed E-state index contributed by atoms with van der Waals surface area (Å²) >= 11 is 6.13. The van der Waals surface area contributed by atoms with Gasteiger partial charge in [0.05, 0.1) is 15.5 Å². The van der Waals surface area contributed by atoms with Gasteiger partial charge < -0.3 is 10.1 Å². The molecule has 0 unspecified atom stereocenters. The molecule has 1 N–H and O–H groups in total. The quantitative estimate of drug-likeness (QED) is 0.592. The average Bonchev–Trinajstić information content (AvgIpc) is 2.68. The summed E-state index contributed by atoms with van der Waals surface area (Å²) in [6, 6.07) is 4.31. The number of unbranched alkanes of at least 4 members (excludes halogenated alkanes) is 1. The van der Waals surface area contributed by atoms with Crippen LogP contribution < -0.4 is 5.32 Å². The zero-order valence-electron chi connectivity index (χ0n) is 15.9. The summed E-state index contributed by atoms with van der Waals surface area (Å²) in [4.78, 5) is 12.5. The molecule has 8 heteroatoms. The van der Waals surface area contributed by atoms with Crippen LogP contribution in [0.15, 0.2) is 23.1 Å². The van der Waals surface area contributed by atoms with Crippen LogP contribution in [0.5, 0.6) is 0 Å². The number of piperidine rings is 1. The van der Waals surface area contributed by atoms with Crippen LogP contribution in [0.25, 0.3) is 0 Å². The van der Waals surface area contributed by atoms with Crippen LogP contribution in [-0.4, -0.2) is 51.5 Å². The van der Waals surface area contributed by atoms with Gasteiger partial charge in [0.1, 0.15) is 0 Å². The summed E-state index contributed by atoms with van der Waals surface area (Å²) in [5.74, 6) is -0.371. The van der Waals surface area contributed by atoms with Gasteiger partial charge in [-0.25, -0.2) is 8.42 Å². The van der Waals surface area contributed by atoms with E-state index in [0.717, 1.165) is 38.7 Å². The van der Waals surface area contributed by atoms with Crippen molar-refractivity contribution in [3.8, 4) is 0 Å². The Kier molecular flexibility index (Phi) is 9.02. The lowest BCUT2D eigenvalue weighted by Gasteiger charge is -2.26. The molecule has 0 bridgehead atoms. The second-order valence-corrected chi connectivity index (χ2v) is 9.03. The largest absolute Gasteiger partial charge is 0.381 e. The Morgan fingerprint density at radius 2 is 1.89 bits per heavy atom. The Balaban J connectivity index is 1.96. The molecular formula is C19H29ClN2O4S. The number of nitrogens with one attached hydrogen (secondary N) is 1.